The summed E-state index contributed by atoms with van der Waals surface area (Å²) in [5.41, 5.74) is 7.25. The second-order valence-corrected chi connectivity index (χ2v) is 8.63. The van der Waals surface area contributed by atoms with Crippen molar-refractivity contribution in [2.75, 3.05) is 11.9 Å². The third-order valence-corrected chi connectivity index (χ3v) is 5.61. The van der Waals surface area contributed by atoms with E-state index in [4.69, 9.17) is 22.7 Å². The summed E-state index contributed by atoms with van der Waals surface area (Å²) in [6.07, 6.45) is 1.58. The van der Waals surface area contributed by atoms with Gasteiger partial charge in [0.1, 0.15) is 10.8 Å². The number of thiophene rings is 1. The molecule has 1 aromatic heterocycles. The van der Waals surface area contributed by atoms with Gasteiger partial charge in [0.05, 0.1) is 17.7 Å². The first-order chi connectivity index (χ1) is 13.7. The number of amides is 2. The first-order valence-corrected chi connectivity index (χ1v) is 10.7. The number of ether oxygens (including phenoxy) is 1. The van der Waals surface area contributed by atoms with Crippen LogP contribution in [0.15, 0.2) is 24.3 Å². The maximum Gasteiger partial charge on any atom is 0.261 e. The molecule has 0 unspecified atom stereocenters. The molecule has 0 atom stereocenters. The number of thiocarbonyl (C=S) groups is 1. The Kier molecular flexibility index (Phi) is 8.16. The highest BCUT2D eigenvalue weighted by atomic mass is 32.1. The van der Waals surface area contributed by atoms with Crippen LogP contribution in [0.5, 0.6) is 5.75 Å². The second kappa shape index (κ2) is 10.4. The van der Waals surface area contributed by atoms with Crippen LogP contribution < -0.4 is 21.1 Å². The molecule has 0 saturated carbocycles. The second-order valence-electron chi connectivity index (χ2n) is 6.99. The van der Waals surface area contributed by atoms with Crippen molar-refractivity contribution in [3.05, 3.63) is 45.8 Å². The van der Waals surface area contributed by atoms with Crippen LogP contribution in [0.1, 0.15) is 58.3 Å². The summed E-state index contributed by atoms with van der Waals surface area (Å²) in [6.45, 7) is 8.64. The van der Waals surface area contributed by atoms with Gasteiger partial charge in [-0.1, -0.05) is 32.9 Å². The minimum atomic E-state index is -0.522. The van der Waals surface area contributed by atoms with Crippen LogP contribution in [-0.2, 0) is 6.42 Å². The Balaban J connectivity index is 2.11. The molecule has 2 aromatic rings. The van der Waals surface area contributed by atoms with E-state index in [0.29, 0.717) is 40.8 Å². The summed E-state index contributed by atoms with van der Waals surface area (Å²) in [4.78, 5) is 25.6. The molecular weight excluding hydrogens is 406 g/mol. The number of carbonyl (C=O) groups excluding carboxylic acids is 2. The topological polar surface area (TPSA) is 93.4 Å². The molecule has 0 aliphatic rings. The fraction of sp³-hybridized carbons (Fsp3) is 0.381. The van der Waals surface area contributed by atoms with E-state index in [-0.39, 0.29) is 11.0 Å². The predicted octanol–water partition coefficient (Wildman–Crippen LogP) is 4.27. The van der Waals surface area contributed by atoms with E-state index in [2.05, 4.69) is 24.5 Å². The zero-order valence-electron chi connectivity index (χ0n) is 17.1. The van der Waals surface area contributed by atoms with Gasteiger partial charge in [0.15, 0.2) is 5.11 Å². The van der Waals surface area contributed by atoms with E-state index < -0.39 is 5.91 Å². The Morgan fingerprint density at radius 3 is 2.59 bits per heavy atom. The molecule has 156 valence electrons. The van der Waals surface area contributed by atoms with Crippen molar-refractivity contribution in [1.29, 1.82) is 0 Å². The van der Waals surface area contributed by atoms with Gasteiger partial charge in [0, 0.05) is 4.88 Å². The van der Waals surface area contributed by atoms with Crippen molar-refractivity contribution in [1.82, 2.24) is 5.32 Å². The van der Waals surface area contributed by atoms with Crippen LogP contribution in [0.4, 0.5) is 5.00 Å². The Labute approximate surface area is 180 Å². The molecule has 1 aromatic carbocycles. The third-order valence-electron chi connectivity index (χ3n) is 4.35. The fourth-order valence-corrected chi connectivity index (χ4v) is 4.26. The average molecular weight is 434 g/mol. The molecule has 0 aliphatic carbocycles. The van der Waals surface area contributed by atoms with Crippen LogP contribution in [0.25, 0.3) is 0 Å². The van der Waals surface area contributed by atoms with E-state index in [9.17, 15) is 9.59 Å². The smallest absolute Gasteiger partial charge is 0.261 e. The van der Waals surface area contributed by atoms with Crippen LogP contribution in [0.3, 0.4) is 0 Å². The number of hydrogen-bond donors (Lipinski definition) is 3. The predicted molar refractivity (Wildman–Crippen MR) is 122 cm³/mol. The summed E-state index contributed by atoms with van der Waals surface area (Å²) in [7, 11) is 0. The van der Waals surface area contributed by atoms with Gasteiger partial charge in [0.25, 0.3) is 11.8 Å². The molecule has 2 rings (SSSR count). The molecule has 8 heteroatoms. The largest absolute Gasteiger partial charge is 0.493 e. The Hall–Kier alpha value is -2.45. The quantitative estimate of drug-likeness (QED) is 0.541. The van der Waals surface area contributed by atoms with Gasteiger partial charge < -0.3 is 15.8 Å². The maximum absolute atomic E-state index is 12.7. The molecule has 0 aliphatic heterocycles. The van der Waals surface area contributed by atoms with Crippen LogP contribution >= 0.6 is 23.6 Å². The molecule has 0 saturated heterocycles. The first kappa shape index (κ1) is 22.8. The number of benzene rings is 1. The number of primary amides is 1. The lowest BCUT2D eigenvalue weighted by Gasteiger charge is -2.13. The van der Waals surface area contributed by atoms with Gasteiger partial charge >= 0.3 is 0 Å². The highest BCUT2D eigenvalue weighted by Crippen LogP contribution is 2.33. The Morgan fingerprint density at radius 2 is 1.97 bits per heavy atom. The van der Waals surface area contributed by atoms with E-state index in [1.165, 1.54) is 11.3 Å². The van der Waals surface area contributed by atoms with Gasteiger partial charge in [-0.25, -0.2) is 0 Å². The molecule has 0 bridgehead atoms. The minimum absolute atomic E-state index is 0.0957. The van der Waals surface area contributed by atoms with Crippen molar-refractivity contribution in [3.8, 4) is 5.75 Å². The molecular formula is C21H27N3O3S2. The van der Waals surface area contributed by atoms with Crippen molar-refractivity contribution >= 4 is 45.5 Å². The summed E-state index contributed by atoms with van der Waals surface area (Å²) in [6, 6.07) is 7.02. The van der Waals surface area contributed by atoms with Gasteiger partial charge in [0.2, 0.25) is 0 Å². The van der Waals surface area contributed by atoms with E-state index >= 15 is 0 Å². The molecule has 4 N–H and O–H groups in total. The standard InChI is InChI=1S/C21H27N3O3S2/c1-5-14-13(4)29-20(17(14)18(22)25)24-21(28)23-19(26)15-8-6-7-9-16(15)27-11-10-12(2)3/h6-9,12H,5,10-11H2,1-4H3,(H2,22,25)(H2,23,24,26,28). The van der Waals surface area contributed by atoms with E-state index in [1.807, 2.05) is 19.9 Å². The molecule has 0 spiro atoms. The number of aryl methyl sites for hydroxylation is 1. The minimum Gasteiger partial charge on any atom is -0.493 e. The molecule has 29 heavy (non-hydrogen) atoms. The Bertz CT molecular complexity index is 907. The van der Waals surface area contributed by atoms with Crippen molar-refractivity contribution in [3.63, 3.8) is 0 Å². The summed E-state index contributed by atoms with van der Waals surface area (Å²) >= 11 is 6.67. The van der Waals surface area contributed by atoms with Crippen molar-refractivity contribution < 1.29 is 14.3 Å². The van der Waals surface area contributed by atoms with Crippen LogP contribution in [-0.4, -0.2) is 23.5 Å². The first-order valence-electron chi connectivity index (χ1n) is 9.50. The number of para-hydroxylation sites is 1. The molecule has 1 heterocycles. The monoisotopic (exact) mass is 433 g/mol. The van der Waals surface area contributed by atoms with Gasteiger partial charge in [-0.15, -0.1) is 11.3 Å². The van der Waals surface area contributed by atoms with E-state index in [0.717, 1.165) is 16.9 Å². The van der Waals surface area contributed by atoms with Crippen molar-refractivity contribution in [2.45, 2.75) is 40.5 Å². The normalized spacial score (nSPS) is 10.7. The van der Waals surface area contributed by atoms with Gasteiger partial charge in [-0.05, 0) is 55.6 Å². The zero-order valence-corrected chi connectivity index (χ0v) is 18.8. The number of anilines is 1. The highest BCUT2D eigenvalue weighted by molar-refractivity contribution is 7.80. The van der Waals surface area contributed by atoms with Gasteiger partial charge in [-0.2, -0.15) is 0 Å². The molecule has 2 amide bonds. The van der Waals surface area contributed by atoms with Crippen LogP contribution in [0.2, 0.25) is 0 Å². The fourth-order valence-electron chi connectivity index (χ4n) is 2.84. The van der Waals surface area contributed by atoms with Crippen LogP contribution in [0, 0.1) is 12.8 Å². The number of nitrogens with one attached hydrogen (secondary N) is 2. The highest BCUT2D eigenvalue weighted by Gasteiger charge is 2.21. The zero-order chi connectivity index (χ0) is 21.6. The van der Waals surface area contributed by atoms with Crippen molar-refractivity contribution in [2.24, 2.45) is 11.7 Å². The average Bonchev–Trinajstić information content (AvgIpc) is 2.96. The number of hydrogen-bond acceptors (Lipinski definition) is 5. The lowest BCUT2D eigenvalue weighted by Crippen LogP contribution is -2.34. The molecule has 0 fully saturated rings. The van der Waals surface area contributed by atoms with E-state index in [1.54, 1.807) is 18.2 Å². The lowest BCUT2D eigenvalue weighted by atomic mass is 10.1. The SMILES string of the molecule is CCc1c(C)sc(NC(=S)NC(=O)c2ccccc2OCCC(C)C)c1C(N)=O. The Morgan fingerprint density at radius 1 is 1.28 bits per heavy atom. The summed E-state index contributed by atoms with van der Waals surface area (Å²) in [5.74, 6) is 0.111. The molecule has 0 radical (unpaired) electrons. The number of nitrogens with two attached hydrogens (primary N) is 1. The molecule has 6 nitrogen and oxygen atoms in total. The third kappa shape index (κ3) is 6.01. The van der Waals surface area contributed by atoms with Gasteiger partial charge in [-0.3, -0.25) is 14.9 Å². The summed E-state index contributed by atoms with van der Waals surface area (Å²) in [5, 5.41) is 6.23. The summed E-state index contributed by atoms with van der Waals surface area (Å²) < 4.78 is 5.77. The maximum atomic E-state index is 12.7. The number of carbonyl (C=O) groups is 2. The number of rotatable bonds is 8. The lowest BCUT2D eigenvalue weighted by molar-refractivity contribution is 0.0971.